The highest BCUT2D eigenvalue weighted by Crippen LogP contribution is 2.17. The van der Waals surface area contributed by atoms with Gasteiger partial charge in [-0.05, 0) is 26.2 Å². The molecule has 1 heteroatoms. The maximum Gasteiger partial charge on any atom is 0.161 e. The van der Waals surface area contributed by atoms with Gasteiger partial charge in [0.2, 0.25) is 0 Å². The van der Waals surface area contributed by atoms with Gasteiger partial charge in [-0.15, -0.1) is 0 Å². The van der Waals surface area contributed by atoms with Crippen molar-refractivity contribution in [3.63, 3.8) is 0 Å². The first-order valence-electron chi connectivity index (χ1n) is 5.36. The molecule has 0 fully saturated rings. The molecule has 0 aromatic heterocycles. The standard InChI is InChI=1S/C10H15N.C2H6/c1-2-11-9-5-8-10-6-3-4-7-10;1-2/h5-6,8-9H,2-4,7H2,1H3;1-2H3/p+1/b8-5-,11-9?;. The van der Waals surface area contributed by atoms with Crippen molar-refractivity contribution in [3.8, 4) is 0 Å². The molecule has 0 heterocycles. The molecule has 1 N–H and O–H groups in total. The van der Waals surface area contributed by atoms with Crippen LogP contribution >= 0.6 is 0 Å². The van der Waals surface area contributed by atoms with Crippen LogP contribution in [-0.4, -0.2) is 12.8 Å². The van der Waals surface area contributed by atoms with Crippen molar-refractivity contribution in [2.24, 2.45) is 0 Å². The molecule has 1 nitrogen and oxygen atoms in total. The summed E-state index contributed by atoms with van der Waals surface area (Å²) < 4.78 is 0. The van der Waals surface area contributed by atoms with Gasteiger partial charge in [-0.25, -0.2) is 4.99 Å². The predicted octanol–water partition coefficient (Wildman–Crippen LogP) is 1.85. The van der Waals surface area contributed by atoms with Gasteiger partial charge in [0.15, 0.2) is 6.21 Å². The molecular formula is C12H22N+. The number of hydrogen-bond acceptors (Lipinski definition) is 0. The van der Waals surface area contributed by atoms with Crippen molar-refractivity contribution in [1.82, 2.24) is 0 Å². The van der Waals surface area contributed by atoms with Crippen LogP contribution in [0.3, 0.4) is 0 Å². The van der Waals surface area contributed by atoms with Crippen molar-refractivity contribution >= 4 is 6.21 Å². The van der Waals surface area contributed by atoms with Gasteiger partial charge in [0.1, 0.15) is 6.54 Å². The second-order valence-electron chi connectivity index (χ2n) is 2.75. The fraction of sp³-hybridized carbons (Fsp3) is 0.583. The molecule has 1 aliphatic rings. The molecule has 0 spiro atoms. The molecular weight excluding hydrogens is 158 g/mol. The van der Waals surface area contributed by atoms with Crippen molar-refractivity contribution in [3.05, 3.63) is 23.8 Å². The quantitative estimate of drug-likeness (QED) is 0.637. The summed E-state index contributed by atoms with van der Waals surface area (Å²) in [5.41, 5.74) is 1.49. The lowest BCUT2D eigenvalue weighted by molar-refractivity contribution is -0.446. The van der Waals surface area contributed by atoms with E-state index in [-0.39, 0.29) is 0 Å². The average Bonchev–Trinajstić information content (AvgIpc) is 2.68. The Bertz CT molecular complexity index is 187. The van der Waals surface area contributed by atoms with Gasteiger partial charge in [0, 0.05) is 6.08 Å². The Morgan fingerprint density at radius 2 is 2.23 bits per heavy atom. The van der Waals surface area contributed by atoms with Crippen LogP contribution in [0.15, 0.2) is 23.8 Å². The third kappa shape index (κ3) is 6.32. The molecule has 0 aromatic rings. The molecule has 0 aromatic carbocycles. The van der Waals surface area contributed by atoms with Crippen LogP contribution in [0.1, 0.15) is 40.0 Å². The summed E-state index contributed by atoms with van der Waals surface area (Å²) in [6.07, 6.45) is 12.4. The highest BCUT2D eigenvalue weighted by atomic mass is 14.7. The Labute approximate surface area is 82.3 Å². The molecule has 0 aliphatic heterocycles. The van der Waals surface area contributed by atoms with E-state index in [1.54, 1.807) is 0 Å². The molecule has 0 saturated carbocycles. The zero-order valence-electron chi connectivity index (χ0n) is 9.14. The van der Waals surface area contributed by atoms with Gasteiger partial charge < -0.3 is 0 Å². The number of nitrogens with one attached hydrogen (secondary N) is 1. The monoisotopic (exact) mass is 180 g/mol. The van der Waals surface area contributed by atoms with Crippen LogP contribution in [0.2, 0.25) is 0 Å². The smallest absolute Gasteiger partial charge is 0.161 e. The lowest BCUT2D eigenvalue weighted by atomic mass is 10.2. The van der Waals surface area contributed by atoms with Crippen molar-refractivity contribution in [2.45, 2.75) is 40.0 Å². The fourth-order valence-electron chi connectivity index (χ4n) is 1.20. The predicted molar refractivity (Wildman–Crippen MR) is 60.0 cm³/mol. The van der Waals surface area contributed by atoms with Crippen molar-refractivity contribution in [2.75, 3.05) is 6.54 Å². The topological polar surface area (TPSA) is 14.0 Å². The summed E-state index contributed by atoms with van der Waals surface area (Å²) in [6.45, 7) is 7.10. The average molecular weight is 180 g/mol. The first-order chi connectivity index (χ1) is 6.43. The number of rotatable bonds is 3. The second-order valence-corrected chi connectivity index (χ2v) is 2.75. The van der Waals surface area contributed by atoms with E-state index in [1.807, 2.05) is 20.1 Å². The van der Waals surface area contributed by atoms with E-state index in [1.165, 1.54) is 24.8 Å². The molecule has 0 unspecified atom stereocenters. The van der Waals surface area contributed by atoms with Gasteiger partial charge in [-0.2, -0.15) is 0 Å². The second kappa shape index (κ2) is 9.24. The van der Waals surface area contributed by atoms with E-state index in [0.717, 1.165) is 6.54 Å². The van der Waals surface area contributed by atoms with Crippen LogP contribution in [0, 0.1) is 0 Å². The molecule has 1 aliphatic carbocycles. The molecule has 0 bridgehead atoms. The van der Waals surface area contributed by atoms with Crippen LogP contribution in [0.4, 0.5) is 0 Å². The lowest BCUT2D eigenvalue weighted by Gasteiger charge is -1.85. The molecule has 0 amide bonds. The summed E-state index contributed by atoms with van der Waals surface area (Å²) in [6, 6.07) is 0. The first-order valence-corrected chi connectivity index (χ1v) is 5.36. The largest absolute Gasteiger partial charge is 0.248 e. The molecule has 0 atom stereocenters. The number of allylic oxidation sites excluding steroid dienone is 4. The summed E-state index contributed by atoms with van der Waals surface area (Å²) >= 11 is 0. The van der Waals surface area contributed by atoms with Gasteiger partial charge in [-0.3, -0.25) is 0 Å². The minimum atomic E-state index is 1.00. The van der Waals surface area contributed by atoms with E-state index in [4.69, 9.17) is 0 Å². The van der Waals surface area contributed by atoms with Gasteiger partial charge >= 0.3 is 0 Å². The zero-order valence-corrected chi connectivity index (χ0v) is 9.14. The van der Waals surface area contributed by atoms with Crippen molar-refractivity contribution in [1.29, 1.82) is 0 Å². The van der Waals surface area contributed by atoms with Gasteiger partial charge in [0.25, 0.3) is 0 Å². The van der Waals surface area contributed by atoms with Crippen LogP contribution in [0.25, 0.3) is 0 Å². The van der Waals surface area contributed by atoms with Crippen molar-refractivity contribution < 1.29 is 4.99 Å². The fourth-order valence-corrected chi connectivity index (χ4v) is 1.20. The van der Waals surface area contributed by atoms with E-state index < -0.39 is 0 Å². The molecule has 0 radical (unpaired) electrons. The molecule has 74 valence electrons. The zero-order chi connectivity index (χ0) is 9.94. The normalized spacial score (nSPS) is 16.1. The first kappa shape index (κ1) is 12.2. The van der Waals surface area contributed by atoms with Crippen LogP contribution in [-0.2, 0) is 0 Å². The summed E-state index contributed by atoms with van der Waals surface area (Å²) in [5, 5.41) is 0. The Hall–Kier alpha value is -0.850. The maximum atomic E-state index is 3.13. The number of hydrogen-bond donors (Lipinski definition) is 1. The Morgan fingerprint density at radius 1 is 1.46 bits per heavy atom. The van der Waals surface area contributed by atoms with Gasteiger partial charge in [-0.1, -0.05) is 31.6 Å². The van der Waals surface area contributed by atoms with E-state index in [9.17, 15) is 0 Å². The minimum Gasteiger partial charge on any atom is -0.248 e. The summed E-state index contributed by atoms with van der Waals surface area (Å²) in [4.78, 5) is 3.13. The van der Waals surface area contributed by atoms with Crippen LogP contribution < -0.4 is 4.99 Å². The Kier molecular flexibility index (Phi) is 8.64. The van der Waals surface area contributed by atoms with E-state index in [2.05, 4.69) is 30.1 Å². The highest BCUT2D eigenvalue weighted by Gasteiger charge is 1.98. The summed E-state index contributed by atoms with van der Waals surface area (Å²) in [5.74, 6) is 0. The highest BCUT2D eigenvalue weighted by molar-refractivity contribution is 5.66. The maximum absolute atomic E-state index is 3.13. The van der Waals surface area contributed by atoms with E-state index >= 15 is 0 Å². The lowest BCUT2D eigenvalue weighted by Crippen LogP contribution is -2.67. The van der Waals surface area contributed by atoms with Gasteiger partial charge in [0.05, 0.1) is 0 Å². The Morgan fingerprint density at radius 3 is 2.77 bits per heavy atom. The molecule has 1 rings (SSSR count). The van der Waals surface area contributed by atoms with Crippen LogP contribution in [0.5, 0.6) is 0 Å². The SMILES string of the molecule is CC.CC[NH+]=C/C=C\C1=CCCC1. The minimum absolute atomic E-state index is 1.00. The molecule has 0 saturated heterocycles. The Balaban J connectivity index is 0.000000671. The molecule has 13 heavy (non-hydrogen) atoms. The summed E-state index contributed by atoms with van der Waals surface area (Å²) in [7, 11) is 0. The van der Waals surface area contributed by atoms with E-state index in [0.29, 0.717) is 0 Å². The third-order valence-electron chi connectivity index (χ3n) is 1.80. The third-order valence-corrected chi connectivity index (χ3v) is 1.80.